The van der Waals surface area contributed by atoms with E-state index in [9.17, 15) is 0 Å². The van der Waals surface area contributed by atoms with Gasteiger partial charge in [0.25, 0.3) is 0 Å². The first-order valence-corrected chi connectivity index (χ1v) is 5.04. The Kier molecular flexibility index (Phi) is 1.86. The second-order valence-corrected chi connectivity index (χ2v) is 3.94. The smallest absolute Gasteiger partial charge is 0.0407 e. The third-order valence-corrected chi connectivity index (χ3v) is 3.13. The van der Waals surface area contributed by atoms with Crippen LogP contribution in [-0.4, -0.2) is 10.7 Å². The molecule has 1 aromatic heterocycles. The van der Waals surface area contributed by atoms with Gasteiger partial charge in [-0.1, -0.05) is 0 Å². The second-order valence-electron chi connectivity index (χ2n) is 2.84. The lowest BCUT2D eigenvalue weighted by Crippen LogP contribution is -2.05. The minimum Gasteiger partial charge on any atom is -0.261 e. The van der Waals surface area contributed by atoms with Gasteiger partial charge >= 0.3 is 0 Å². The van der Waals surface area contributed by atoms with Crippen molar-refractivity contribution in [2.45, 2.75) is 19.1 Å². The number of hydrogen-bond acceptors (Lipinski definition) is 2. The van der Waals surface area contributed by atoms with Gasteiger partial charge in [-0.3, -0.25) is 4.98 Å². The number of aromatic nitrogens is 1. The highest BCUT2D eigenvalue weighted by molar-refractivity contribution is 7.98. The zero-order valence-electron chi connectivity index (χ0n) is 6.63. The average molecular weight is 165 g/mol. The van der Waals surface area contributed by atoms with E-state index in [2.05, 4.69) is 18.0 Å². The van der Waals surface area contributed by atoms with Gasteiger partial charge in [0.1, 0.15) is 0 Å². The fraction of sp³-hybridized carbons (Fsp3) is 0.444. The molecule has 1 nitrogen and oxygen atoms in total. The summed E-state index contributed by atoms with van der Waals surface area (Å²) < 4.78 is 0. The molecule has 0 bridgehead atoms. The van der Waals surface area contributed by atoms with E-state index < -0.39 is 0 Å². The topological polar surface area (TPSA) is 12.9 Å². The highest BCUT2D eigenvalue weighted by Crippen LogP contribution is 2.25. The Morgan fingerprint density at radius 3 is 3.27 bits per heavy atom. The van der Waals surface area contributed by atoms with E-state index in [1.54, 1.807) is 0 Å². The standard InChI is InChI=1S/C9H11NS/c1-7-9-3-5-11-6-8(9)2-4-10-7/h2,4H,3,5-6H2,1H3. The molecule has 0 saturated carbocycles. The molecule has 1 aromatic rings. The van der Waals surface area contributed by atoms with Crippen LogP contribution in [0.25, 0.3) is 0 Å². The highest BCUT2D eigenvalue weighted by atomic mass is 32.2. The molecule has 2 rings (SSSR count). The maximum Gasteiger partial charge on any atom is 0.0407 e. The first-order chi connectivity index (χ1) is 5.38. The Morgan fingerprint density at radius 1 is 1.55 bits per heavy atom. The van der Waals surface area contributed by atoms with Crippen LogP contribution in [-0.2, 0) is 12.2 Å². The van der Waals surface area contributed by atoms with Crippen molar-refractivity contribution in [2.75, 3.05) is 5.75 Å². The molecule has 58 valence electrons. The molecule has 0 spiro atoms. The monoisotopic (exact) mass is 165 g/mol. The molecule has 0 amide bonds. The summed E-state index contributed by atoms with van der Waals surface area (Å²) in [5.74, 6) is 2.44. The number of fused-ring (bicyclic) bond motifs is 1. The molecule has 1 aliphatic heterocycles. The van der Waals surface area contributed by atoms with Gasteiger partial charge < -0.3 is 0 Å². The summed E-state index contributed by atoms with van der Waals surface area (Å²) in [4.78, 5) is 4.28. The van der Waals surface area contributed by atoms with Crippen LogP contribution in [0.2, 0.25) is 0 Å². The summed E-state index contributed by atoms with van der Waals surface area (Å²) in [7, 11) is 0. The van der Waals surface area contributed by atoms with Crippen molar-refractivity contribution in [2.24, 2.45) is 0 Å². The minimum absolute atomic E-state index is 1.18. The summed E-state index contributed by atoms with van der Waals surface area (Å²) in [6.45, 7) is 2.11. The van der Waals surface area contributed by atoms with Gasteiger partial charge in [-0.05, 0) is 36.3 Å². The summed E-state index contributed by atoms with van der Waals surface area (Å²) in [5.41, 5.74) is 4.21. The normalized spacial score (nSPS) is 16.1. The maximum atomic E-state index is 4.28. The minimum atomic E-state index is 1.18. The van der Waals surface area contributed by atoms with E-state index in [1.165, 1.54) is 34.7 Å². The predicted molar refractivity (Wildman–Crippen MR) is 48.8 cm³/mol. The summed E-state index contributed by atoms with van der Waals surface area (Å²) >= 11 is 2.02. The van der Waals surface area contributed by atoms with Crippen molar-refractivity contribution in [3.05, 3.63) is 29.1 Å². The third-order valence-electron chi connectivity index (χ3n) is 2.12. The quantitative estimate of drug-likeness (QED) is 0.584. The van der Waals surface area contributed by atoms with Gasteiger partial charge in [-0.2, -0.15) is 11.8 Å². The zero-order valence-corrected chi connectivity index (χ0v) is 7.45. The van der Waals surface area contributed by atoms with Crippen molar-refractivity contribution in [1.29, 1.82) is 0 Å². The molecule has 0 unspecified atom stereocenters. The van der Waals surface area contributed by atoms with Crippen molar-refractivity contribution in [1.82, 2.24) is 4.98 Å². The van der Waals surface area contributed by atoms with Crippen molar-refractivity contribution in [3.63, 3.8) is 0 Å². The molecule has 0 aromatic carbocycles. The van der Waals surface area contributed by atoms with Gasteiger partial charge in [-0.15, -0.1) is 0 Å². The molecule has 0 fully saturated rings. The molecule has 0 radical (unpaired) electrons. The van der Waals surface area contributed by atoms with Gasteiger partial charge in [0, 0.05) is 17.6 Å². The first kappa shape index (κ1) is 7.17. The van der Waals surface area contributed by atoms with Crippen LogP contribution < -0.4 is 0 Å². The molecule has 0 aliphatic carbocycles. The molecule has 0 saturated heterocycles. The van der Waals surface area contributed by atoms with Crippen molar-refractivity contribution < 1.29 is 0 Å². The number of aryl methyl sites for hydroxylation is 1. The Labute approximate surface area is 71.2 Å². The molecule has 0 N–H and O–H groups in total. The van der Waals surface area contributed by atoms with Crippen LogP contribution in [0.3, 0.4) is 0 Å². The van der Waals surface area contributed by atoms with Crippen LogP contribution in [0, 0.1) is 6.92 Å². The molecule has 1 aliphatic rings. The zero-order chi connectivity index (χ0) is 7.68. The molecular formula is C9H11NS. The van der Waals surface area contributed by atoms with Gasteiger partial charge in [0.2, 0.25) is 0 Å². The SMILES string of the molecule is Cc1nccc2c1CCSC2. The van der Waals surface area contributed by atoms with Gasteiger partial charge in [-0.25, -0.2) is 0 Å². The number of nitrogens with zero attached hydrogens (tertiary/aromatic N) is 1. The molecule has 2 heterocycles. The summed E-state index contributed by atoms with van der Waals surface area (Å²) in [6.07, 6.45) is 3.12. The number of thioether (sulfide) groups is 1. The summed E-state index contributed by atoms with van der Waals surface area (Å²) in [6, 6.07) is 2.15. The fourth-order valence-corrected chi connectivity index (χ4v) is 2.47. The van der Waals surface area contributed by atoms with Crippen LogP contribution >= 0.6 is 11.8 Å². The van der Waals surface area contributed by atoms with E-state index in [0.717, 1.165) is 0 Å². The number of hydrogen-bond donors (Lipinski definition) is 0. The lowest BCUT2D eigenvalue weighted by molar-refractivity contribution is 1.01. The summed E-state index contributed by atoms with van der Waals surface area (Å²) in [5, 5.41) is 0. The van der Waals surface area contributed by atoms with E-state index >= 15 is 0 Å². The van der Waals surface area contributed by atoms with Crippen LogP contribution in [0.4, 0.5) is 0 Å². The number of rotatable bonds is 0. The van der Waals surface area contributed by atoms with Crippen LogP contribution in [0.15, 0.2) is 12.3 Å². The molecular weight excluding hydrogens is 154 g/mol. The lowest BCUT2D eigenvalue weighted by atomic mass is 10.1. The van der Waals surface area contributed by atoms with Crippen molar-refractivity contribution in [3.8, 4) is 0 Å². The van der Waals surface area contributed by atoms with E-state index in [1.807, 2.05) is 18.0 Å². The molecule has 0 atom stereocenters. The predicted octanol–water partition coefficient (Wildman–Crippen LogP) is 2.18. The first-order valence-electron chi connectivity index (χ1n) is 3.89. The van der Waals surface area contributed by atoms with Crippen molar-refractivity contribution >= 4 is 11.8 Å². The second kappa shape index (κ2) is 2.86. The average Bonchev–Trinajstić information content (AvgIpc) is 2.06. The van der Waals surface area contributed by atoms with Crippen LogP contribution in [0.5, 0.6) is 0 Å². The Morgan fingerprint density at radius 2 is 2.45 bits per heavy atom. The Balaban J connectivity index is 2.49. The van der Waals surface area contributed by atoms with Gasteiger partial charge in [0.05, 0.1) is 0 Å². The fourth-order valence-electron chi connectivity index (χ4n) is 1.48. The molecule has 2 heteroatoms. The van der Waals surface area contributed by atoms with E-state index in [4.69, 9.17) is 0 Å². The van der Waals surface area contributed by atoms with E-state index in [0.29, 0.717) is 0 Å². The third kappa shape index (κ3) is 1.27. The Bertz CT molecular complexity index is 270. The number of pyridine rings is 1. The molecule has 11 heavy (non-hydrogen) atoms. The van der Waals surface area contributed by atoms with Crippen LogP contribution in [0.1, 0.15) is 16.8 Å². The lowest BCUT2D eigenvalue weighted by Gasteiger charge is -2.15. The van der Waals surface area contributed by atoms with E-state index in [-0.39, 0.29) is 0 Å². The largest absolute Gasteiger partial charge is 0.261 e. The Hall–Kier alpha value is -0.500. The maximum absolute atomic E-state index is 4.28. The highest BCUT2D eigenvalue weighted by Gasteiger charge is 2.10. The van der Waals surface area contributed by atoms with Gasteiger partial charge in [0.15, 0.2) is 0 Å².